The highest BCUT2D eigenvalue weighted by atomic mass is 16.6. The zero-order valence-corrected chi connectivity index (χ0v) is 74.2. The molecule has 7 aromatic carbocycles. The monoisotopic (exact) mass is 1710 g/mol. The summed E-state index contributed by atoms with van der Waals surface area (Å²) in [6.07, 6.45) is 32.9. The van der Waals surface area contributed by atoms with E-state index in [4.69, 9.17) is 85.3 Å². The highest BCUT2D eigenvalue weighted by Crippen LogP contribution is 2.35. The van der Waals surface area contributed by atoms with E-state index in [1.165, 1.54) is 24.3 Å². The number of methoxy groups -OCH3 is 4. The second-order valence-electron chi connectivity index (χ2n) is 29.7. The molecule has 124 heavy (non-hydrogen) atoms. The Morgan fingerprint density at radius 2 is 0.460 bits per heavy atom. The third-order valence-corrected chi connectivity index (χ3v) is 19.4. The number of carbonyl (C=O) groups is 4. The van der Waals surface area contributed by atoms with E-state index in [-0.39, 0.29) is 19.8 Å². The van der Waals surface area contributed by atoms with Crippen LogP contribution in [0, 0.1) is 0 Å². The van der Waals surface area contributed by atoms with Crippen molar-refractivity contribution in [1.82, 2.24) is 0 Å². The molecule has 0 heterocycles. The van der Waals surface area contributed by atoms with Gasteiger partial charge in [0.1, 0.15) is 47.7 Å². The van der Waals surface area contributed by atoms with Crippen LogP contribution in [-0.2, 0) is 57.9 Å². The quantitative estimate of drug-likeness (QED) is 0.0161. The minimum Gasteiger partial charge on any atom is -0.493 e. The van der Waals surface area contributed by atoms with E-state index in [0.717, 1.165) is 162 Å². The van der Waals surface area contributed by atoms with Gasteiger partial charge < -0.3 is 90.4 Å². The highest BCUT2D eigenvalue weighted by molar-refractivity contribution is 5.89. The summed E-state index contributed by atoms with van der Waals surface area (Å²) in [6.45, 7) is 13.8. The van der Waals surface area contributed by atoms with Gasteiger partial charge in [-0.15, -0.1) is 0 Å². The normalized spacial score (nSPS) is 11.2. The van der Waals surface area contributed by atoms with Crippen LogP contribution in [0.2, 0.25) is 0 Å². The van der Waals surface area contributed by atoms with Crippen molar-refractivity contribution in [3.63, 3.8) is 0 Å². The average Bonchev–Trinajstić information content (AvgIpc) is 0.924. The Bertz CT molecular complexity index is 3870. The molecular formula is C101H132O23. The largest absolute Gasteiger partial charge is 0.493 e. The van der Waals surface area contributed by atoms with Gasteiger partial charge in [0.25, 0.3) is 0 Å². The lowest BCUT2D eigenvalue weighted by molar-refractivity contribution is -0.138. The van der Waals surface area contributed by atoms with Crippen LogP contribution in [0.15, 0.2) is 152 Å². The molecule has 0 spiro atoms. The Hall–Kier alpha value is -11.5. The molecule has 0 atom stereocenters. The van der Waals surface area contributed by atoms with Gasteiger partial charge >= 0.3 is 23.9 Å². The van der Waals surface area contributed by atoms with E-state index in [1.54, 1.807) is 70.9 Å². The van der Waals surface area contributed by atoms with Gasteiger partial charge in [0.15, 0.2) is 46.0 Å². The fraction of sp³-hybridized carbons (Fsp3) is 0.465. The van der Waals surface area contributed by atoms with E-state index < -0.39 is 23.9 Å². The van der Waals surface area contributed by atoms with Crippen LogP contribution in [0.1, 0.15) is 221 Å². The third kappa shape index (κ3) is 40.7. The van der Waals surface area contributed by atoms with Crippen LogP contribution in [-0.4, -0.2) is 137 Å². The summed E-state index contributed by atoms with van der Waals surface area (Å²) in [5, 5.41) is 10.5. The van der Waals surface area contributed by atoms with Crippen LogP contribution in [0.4, 0.5) is 0 Å². The topological polar surface area (TPSA) is 255 Å². The van der Waals surface area contributed by atoms with Crippen LogP contribution in [0.3, 0.4) is 0 Å². The van der Waals surface area contributed by atoms with Crippen molar-refractivity contribution in [1.29, 1.82) is 0 Å². The minimum atomic E-state index is -0.422. The lowest BCUT2D eigenvalue weighted by Crippen LogP contribution is -2.05. The van der Waals surface area contributed by atoms with Gasteiger partial charge in [-0.05, 0) is 277 Å². The number of hydrogen-bond acceptors (Lipinski definition) is 23. The van der Waals surface area contributed by atoms with E-state index in [9.17, 15) is 24.3 Å². The molecule has 0 aliphatic rings. The Balaban J connectivity index is 0.926. The van der Waals surface area contributed by atoms with Gasteiger partial charge in [0.05, 0.1) is 114 Å². The summed E-state index contributed by atoms with van der Waals surface area (Å²) in [4.78, 5) is 50.6. The number of aliphatic hydroxyl groups excluding tert-OH is 1. The second-order valence-corrected chi connectivity index (χ2v) is 29.7. The molecule has 674 valence electrons. The van der Waals surface area contributed by atoms with Gasteiger partial charge in [-0.3, -0.25) is 0 Å². The van der Waals surface area contributed by atoms with E-state index in [0.29, 0.717) is 191 Å². The molecule has 0 amide bonds. The summed E-state index contributed by atoms with van der Waals surface area (Å²) in [6, 6.07) is 39.0. The molecule has 0 fully saturated rings. The number of benzene rings is 7. The Kier molecular flexibility index (Phi) is 49.0. The highest BCUT2D eigenvalue weighted by Gasteiger charge is 2.15. The fourth-order valence-electron chi connectivity index (χ4n) is 12.4. The predicted octanol–water partition coefficient (Wildman–Crippen LogP) is 21.9. The standard InChI is InChI=1S/C101H132O23/c1-9-13-49-115-90-41-33-77(67-94(90)107-5)37-45-98(103)119-57-29-21-17-25-53-111-84-63-82(64-85(71-84)112-54-26-18-22-30-58-120-99(104)46-38-78-34-42-91(95(68-78)108-6)116-50-14-10-2)75-123-88-61-81(74-102)62-89(73-88)124-76-83-65-86(113-55-27-19-23-31-59-121-100(105)47-39-79-35-43-92(96(69-79)109-7)117-51-15-11-3)72-87(66-83)114-56-28-20-24-32-60-122-101(106)48-40-80-36-44-93(97(70-80)110-8)118-52-16-12-4/h33-48,61-73,102H,9-32,49-60,74-76H2,1-8H3/b45-37+,46-38+,47-39+,48-40+. The summed E-state index contributed by atoms with van der Waals surface area (Å²) in [5.41, 5.74) is 5.33. The number of aliphatic hydroxyl groups is 1. The molecule has 0 unspecified atom stereocenters. The maximum absolute atomic E-state index is 12.6. The van der Waals surface area contributed by atoms with Crippen molar-refractivity contribution < 1.29 is 110 Å². The molecule has 0 aliphatic heterocycles. The van der Waals surface area contributed by atoms with Crippen LogP contribution in [0.5, 0.6) is 80.5 Å². The van der Waals surface area contributed by atoms with Crippen molar-refractivity contribution >= 4 is 48.2 Å². The van der Waals surface area contributed by atoms with Gasteiger partial charge in [-0.25, -0.2) is 19.2 Å². The van der Waals surface area contributed by atoms with Crippen LogP contribution < -0.4 is 66.3 Å². The average molecular weight is 1710 g/mol. The molecule has 0 radical (unpaired) electrons. The van der Waals surface area contributed by atoms with Gasteiger partial charge in [0.2, 0.25) is 0 Å². The van der Waals surface area contributed by atoms with Crippen molar-refractivity contribution in [3.8, 4) is 80.5 Å². The maximum Gasteiger partial charge on any atom is 0.330 e. The molecule has 0 bridgehead atoms. The zero-order valence-electron chi connectivity index (χ0n) is 74.2. The lowest BCUT2D eigenvalue weighted by Gasteiger charge is -2.15. The van der Waals surface area contributed by atoms with E-state index in [2.05, 4.69) is 27.7 Å². The van der Waals surface area contributed by atoms with Gasteiger partial charge in [0, 0.05) is 42.5 Å². The number of rotatable bonds is 67. The number of unbranched alkanes of at least 4 members (excludes halogenated alkanes) is 16. The lowest BCUT2D eigenvalue weighted by atomic mass is 10.2. The minimum absolute atomic E-state index is 0.134. The molecule has 0 saturated heterocycles. The first-order valence-electron chi connectivity index (χ1n) is 44.2. The van der Waals surface area contributed by atoms with Gasteiger partial charge in [-0.1, -0.05) is 77.6 Å². The van der Waals surface area contributed by atoms with Crippen LogP contribution >= 0.6 is 0 Å². The first kappa shape index (κ1) is 99.6. The van der Waals surface area contributed by atoms with Crippen molar-refractivity contribution in [3.05, 3.63) is 191 Å². The zero-order chi connectivity index (χ0) is 88.2. The number of ether oxygens (including phenoxy) is 18. The molecule has 23 heteroatoms. The molecule has 7 rings (SSSR count). The molecule has 23 nitrogen and oxygen atoms in total. The number of carbonyl (C=O) groups excluding carboxylic acids is 4. The first-order chi connectivity index (χ1) is 60.7. The van der Waals surface area contributed by atoms with Crippen molar-refractivity contribution in [2.45, 2.75) is 202 Å². The van der Waals surface area contributed by atoms with E-state index in [1.807, 2.05) is 109 Å². The Morgan fingerprint density at radius 3 is 0.685 bits per heavy atom. The first-order valence-corrected chi connectivity index (χ1v) is 44.2. The Labute approximate surface area is 734 Å². The third-order valence-electron chi connectivity index (χ3n) is 19.4. The molecule has 1 N–H and O–H groups in total. The second kappa shape index (κ2) is 60.9. The number of hydrogen-bond donors (Lipinski definition) is 1. The summed E-state index contributed by atoms with van der Waals surface area (Å²) in [7, 11) is 6.37. The molecule has 0 aliphatic carbocycles. The summed E-state index contributed by atoms with van der Waals surface area (Å²) in [5.74, 6) is 6.76. The smallest absolute Gasteiger partial charge is 0.330 e. The van der Waals surface area contributed by atoms with Crippen LogP contribution in [0.25, 0.3) is 24.3 Å². The molecule has 7 aromatic rings. The van der Waals surface area contributed by atoms with Crippen molar-refractivity contribution in [2.75, 3.05) is 108 Å². The SMILES string of the molecule is CCCCOc1ccc(/C=C/C(=O)OCCCCCCOc2cc(COc3cc(CO)cc(OCc4cc(OCCCCCCOC(=O)/C=C/c5ccc(OCCCC)c(OC)c5)cc(OCCCCCCOC(=O)/C=C/c5ccc(OCCCC)c(OC)c5)c4)c3)cc(OCCCCCCOC(=O)/C=C/c3ccc(OCCCC)c(OC)c3)c2)cc1OC. The molecule has 0 saturated carbocycles. The fourth-order valence-corrected chi connectivity index (χ4v) is 12.4. The predicted molar refractivity (Wildman–Crippen MR) is 483 cm³/mol. The number of esters is 4. The molecular weight excluding hydrogens is 1580 g/mol. The maximum atomic E-state index is 12.6. The summed E-state index contributed by atoms with van der Waals surface area (Å²) >= 11 is 0. The van der Waals surface area contributed by atoms with Crippen molar-refractivity contribution in [2.24, 2.45) is 0 Å². The Morgan fingerprint density at radius 1 is 0.242 bits per heavy atom. The summed E-state index contributed by atoms with van der Waals surface area (Å²) < 4.78 is 106. The van der Waals surface area contributed by atoms with E-state index >= 15 is 0 Å². The molecule has 0 aromatic heterocycles. The van der Waals surface area contributed by atoms with Gasteiger partial charge in [-0.2, -0.15) is 0 Å².